The first-order valence-electron chi connectivity index (χ1n) is 6.73. The largest absolute Gasteiger partial charge is 0.527 e. The van der Waals surface area contributed by atoms with Crippen molar-refractivity contribution in [3.8, 4) is 5.75 Å². The van der Waals surface area contributed by atoms with Crippen molar-refractivity contribution in [1.29, 1.82) is 0 Å². The molecule has 3 N–H and O–H groups in total. The summed E-state index contributed by atoms with van der Waals surface area (Å²) in [6.45, 7) is 4.64. The number of aryl methyl sites for hydroxylation is 1. The van der Waals surface area contributed by atoms with Gasteiger partial charge in [0.05, 0.1) is 5.56 Å². The standard InChI is InChI=1S/C14H13F5N2O4/c1-7-4-3-5-9(10(7)22)11(23)21-12(24,6-8(2)20-21)13(15,16)25-14(17,18)19/h3-5,20,22,24H,2,6H2,1H3/t12-/m1/s1. The molecule has 0 aliphatic carbocycles. The lowest BCUT2D eigenvalue weighted by Crippen LogP contribution is -2.63. The molecule has 1 heterocycles. The Bertz CT molecular complexity index is 722. The molecule has 138 valence electrons. The predicted octanol–water partition coefficient (Wildman–Crippen LogP) is 2.38. The molecule has 1 aromatic carbocycles. The zero-order chi connectivity index (χ0) is 19.2. The van der Waals surface area contributed by atoms with Crippen molar-refractivity contribution < 1.29 is 41.7 Å². The van der Waals surface area contributed by atoms with E-state index in [0.29, 0.717) is 0 Å². The lowest BCUT2D eigenvalue weighted by atomic mass is 10.1. The maximum Gasteiger partial charge on any atom is 0.527 e. The molecule has 2 rings (SSSR count). The number of nitrogens with zero attached hydrogens (tertiary/aromatic N) is 1. The van der Waals surface area contributed by atoms with E-state index in [-0.39, 0.29) is 16.3 Å². The molecule has 1 aliphatic rings. The summed E-state index contributed by atoms with van der Waals surface area (Å²) in [7, 11) is 0. The van der Waals surface area contributed by atoms with Crippen LogP contribution in [0.5, 0.6) is 5.75 Å². The fourth-order valence-corrected chi connectivity index (χ4v) is 2.30. The number of nitrogens with one attached hydrogen (secondary N) is 1. The Kier molecular flexibility index (Phi) is 4.43. The quantitative estimate of drug-likeness (QED) is 0.714. The number of phenols is 1. The molecule has 1 fully saturated rings. The summed E-state index contributed by atoms with van der Waals surface area (Å²) in [4.78, 5) is 12.4. The van der Waals surface area contributed by atoms with Gasteiger partial charge in [-0.2, -0.15) is 8.78 Å². The summed E-state index contributed by atoms with van der Waals surface area (Å²) in [5.74, 6) is -1.97. The van der Waals surface area contributed by atoms with Crippen LogP contribution in [-0.2, 0) is 4.74 Å². The van der Waals surface area contributed by atoms with E-state index in [2.05, 4.69) is 11.3 Å². The van der Waals surface area contributed by atoms with Crippen molar-refractivity contribution in [2.24, 2.45) is 0 Å². The van der Waals surface area contributed by atoms with Gasteiger partial charge in [0, 0.05) is 12.1 Å². The highest BCUT2D eigenvalue weighted by Crippen LogP contribution is 2.44. The number of benzene rings is 1. The fraction of sp³-hybridized carbons (Fsp3) is 0.357. The number of aliphatic hydroxyl groups is 1. The predicted molar refractivity (Wildman–Crippen MR) is 72.9 cm³/mol. The molecule has 0 unspecified atom stereocenters. The molecule has 1 saturated heterocycles. The first-order valence-corrected chi connectivity index (χ1v) is 6.73. The minimum atomic E-state index is -5.77. The Morgan fingerprint density at radius 2 is 1.96 bits per heavy atom. The Balaban J connectivity index is 2.46. The number of hydrogen-bond donors (Lipinski definition) is 3. The first kappa shape index (κ1) is 18.9. The van der Waals surface area contributed by atoms with E-state index in [4.69, 9.17) is 0 Å². The molecule has 6 nitrogen and oxygen atoms in total. The van der Waals surface area contributed by atoms with E-state index in [1.54, 1.807) is 0 Å². The Morgan fingerprint density at radius 3 is 2.52 bits per heavy atom. The van der Waals surface area contributed by atoms with Crippen LogP contribution in [0.25, 0.3) is 0 Å². The van der Waals surface area contributed by atoms with Crippen LogP contribution in [0, 0.1) is 6.92 Å². The van der Waals surface area contributed by atoms with E-state index in [1.807, 2.05) is 5.43 Å². The highest BCUT2D eigenvalue weighted by atomic mass is 19.4. The number of amides is 1. The summed E-state index contributed by atoms with van der Waals surface area (Å²) < 4.78 is 67.3. The topological polar surface area (TPSA) is 82.0 Å². The summed E-state index contributed by atoms with van der Waals surface area (Å²) >= 11 is 0. The summed E-state index contributed by atoms with van der Waals surface area (Å²) in [5.41, 5.74) is -2.38. The van der Waals surface area contributed by atoms with Crippen LogP contribution >= 0.6 is 0 Å². The molecule has 0 bridgehead atoms. The maximum absolute atomic E-state index is 14.0. The molecule has 0 saturated carbocycles. The number of ether oxygens (including phenoxy) is 1. The Morgan fingerprint density at radius 1 is 1.36 bits per heavy atom. The fourth-order valence-electron chi connectivity index (χ4n) is 2.30. The van der Waals surface area contributed by atoms with Gasteiger partial charge in [0.1, 0.15) is 5.75 Å². The van der Waals surface area contributed by atoms with Gasteiger partial charge in [-0.05, 0) is 18.6 Å². The average Bonchev–Trinajstić information content (AvgIpc) is 2.75. The van der Waals surface area contributed by atoms with Gasteiger partial charge in [-0.3, -0.25) is 10.2 Å². The Labute approximate surface area is 138 Å². The molecule has 1 aliphatic heterocycles. The molecule has 0 aromatic heterocycles. The minimum Gasteiger partial charge on any atom is -0.507 e. The van der Waals surface area contributed by atoms with E-state index in [0.717, 1.165) is 6.07 Å². The van der Waals surface area contributed by atoms with Crippen molar-refractivity contribution >= 4 is 5.91 Å². The third-order valence-corrected chi connectivity index (χ3v) is 3.48. The Hall–Kier alpha value is -2.40. The van der Waals surface area contributed by atoms with Gasteiger partial charge in [-0.15, -0.1) is 13.2 Å². The zero-order valence-electron chi connectivity index (χ0n) is 12.7. The van der Waals surface area contributed by atoms with Gasteiger partial charge < -0.3 is 10.2 Å². The van der Waals surface area contributed by atoms with Crippen molar-refractivity contribution in [1.82, 2.24) is 10.4 Å². The lowest BCUT2D eigenvalue weighted by Gasteiger charge is -2.37. The minimum absolute atomic E-state index is 0.143. The van der Waals surface area contributed by atoms with Crippen LogP contribution in [0.4, 0.5) is 22.0 Å². The smallest absolute Gasteiger partial charge is 0.507 e. The summed E-state index contributed by atoms with van der Waals surface area (Å²) in [6, 6.07) is 3.78. The molecule has 1 atom stereocenters. The third-order valence-electron chi connectivity index (χ3n) is 3.48. The molecule has 11 heteroatoms. The molecule has 1 aromatic rings. The highest BCUT2D eigenvalue weighted by molar-refractivity contribution is 5.97. The van der Waals surface area contributed by atoms with Crippen molar-refractivity contribution in [2.75, 3.05) is 0 Å². The number of carbonyl (C=O) groups is 1. The molecule has 1 amide bonds. The van der Waals surface area contributed by atoms with Crippen molar-refractivity contribution in [3.63, 3.8) is 0 Å². The number of hydrazine groups is 1. The van der Waals surface area contributed by atoms with E-state index < -0.39 is 41.8 Å². The van der Waals surface area contributed by atoms with Gasteiger partial charge >= 0.3 is 12.5 Å². The second-order valence-electron chi connectivity index (χ2n) is 5.38. The maximum atomic E-state index is 14.0. The number of para-hydroxylation sites is 1. The van der Waals surface area contributed by atoms with Crippen LogP contribution in [0.3, 0.4) is 0 Å². The van der Waals surface area contributed by atoms with Crippen LogP contribution in [0.2, 0.25) is 0 Å². The van der Waals surface area contributed by atoms with Gasteiger partial charge in [0.15, 0.2) is 0 Å². The summed E-state index contributed by atoms with van der Waals surface area (Å²) in [6.07, 6.45) is -12.1. The number of halogens is 5. The van der Waals surface area contributed by atoms with Crippen LogP contribution in [0.15, 0.2) is 30.5 Å². The summed E-state index contributed by atoms with van der Waals surface area (Å²) in [5, 5.41) is 19.9. The van der Waals surface area contributed by atoms with Crippen LogP contribution in [-0.4, -0.2) is 39.3 Å². The zero-order valence-corrected chi connectivity index (χ0v) is 12.7. The van der Waals surface area contributed by atoms with E-state index in [9.17, 15) is 37.0 Å². The van der Waals surface area contributed by atoms with Gasteiger partial charge in [-0.25, -0.2) is 9.75 Å². The average molecular weight is 368 g/mol. The normalized spacial score (nSPS) is 21.4. The third kappa shape index (κ3) is 3.37. The molecular weight excluding hydrogens is 355 g/mol. The second-order valence-corrected chi connectivity index (χ2v) is 5.38. The number of carbonyl (C=O) groups excluding carboxylic acids is 1. The number of hydrogen-bond acceptors (Lipinski definition) is 5. The number of aromatic hydroxyl groups is 1. The molecule has 25 heavy (non-hydrogen) atoms. The molecule has 0 spiro atoms. The number of phenolic OH excluding ortho intramolecular Hbond substituents is 1. The molecular formula is C14H13F5N2O4. The monoisotopic (exact) mass is 368 g/mol. The van der Waals surface area contributed by atoms with E-state index >= 15 is 0 Å². The molecule has 0 radical (unpaired) electrons. The highest BCUT2D eigenvalue weighted by Gasteiger charge is 2.67. The SMILES string of the molecule is C=C1C[C@@](O)(C(F)(F)OC(F)(F)F)N(C(=O)c2cccc(C)c2O)N1. The number of alkyl halides is 5. The van der Waals surface area contributed by atoms with Crippen LogP contribution < -0.4 is 5.43 Å². The van der Waals surface area contributed by atoms with Crippen molar-refractivity contribution in [3.05, 3.63) is 41.6 Å². The van der Waals surface area contributed by atoms with Gasteiger partial charge in [0.25, 0.3) is 11.6 Å². The first-order chi connectivity index (χ1) is 11.3. The van der Waals surface area contributed by atoms with Crippen molar-refractivity contribution in [2.45, 2.75) is 31.5 Å². The second kappa shape index (κ2) is 5.85. The van der Waals surface area contributed by atoms with Gasteiger partial charge in [-0.1, -0.05) is 18.7 Å². The van der Waals surface area contributed by atoms with Crippen LogP contribution in [0.1, 0.15) is 22.3 Å². The van der Waals surface area contributed by atoms with E-state index in [1.165, 1.54) is 19.1 Å². The lowest BCUT2D eigenvalue weighted by molar-refractivity contribution is -0.469. The van der Waals surface area contributed by atoms with Gasteiger partial charge in [0.2, 0.25) is 0 Å². The number of rotatable bonds is 3.